The molecule has 13 heavy (non-hydrogen) atoms. The summed E-state index contributed by atoms with van der Waals surface area (Å²) in [5.41, 5.74) is 0. The van der Waals surface area contributed by atoms with Crippen LogP contribution in [0.5, 0.6) is 0 Å². The molecule has 1 aromatic heterocycles. The fourth-order valence-corrected chi connectivity index (χ4v) is 0.830. The number of aromatic amines is 1. The number of nitrogens with zero attached hydrogens (tertiary/aromatic N) is 2. The maximum Gasteiger partial charge on any atom is 0.236 e. The number of H-pyrrole nitrogens is 1. The number of rotatable bonds is 3. The van der Waals surface area contributed by atoms with Gasteiger partial charge < -0.3 is 5.32 Å². The summed E-state index contributed by atoms with van der Waals surface area (Å²) in [5.74, 6) is 0.564. The number of amides is 1. The number of hydrogen-bond acceptors (Lipinski definition) is 3. The van der Waals surface area contributed by atoms with Crippen LogP contribution in [0.25, 0.3) is 0 Å². The van der Waals surface area contributed by atoms with Gasteiger partial charge in [0.15, 0.2) is 0 Å². The van der Waals surface area contributed by atoms with E-state index in [4.69, 9.17) is 0 Å². The van der Waals surface area contributed by atoms with Gasteiger partial charge in [0.2, 0.25) is 5.91 Å². The molecule has 1 aromatic rings. The number of carbonyl (C=O) groups is 1. The van der Waals surface area contributed by atoms with Gasteiger partial charge in [-0.3, -0.25) is 9.89 Å². The van der Waals surface area contributed by atoms with Crippen molar-refractivity contribution >= 4 is 21.8 Å². The molecule has 6 heteroatoms. The van der Waals surface area contributed by atoms with E-state index in [1.165, 1.54) is 6.33 Å². The van der Waals surface area contributed by atoms with Gasteiger partial charge in [-0.25, -0.2) is 4.98 Å². The molecule has 0 bridgehead atoms. The maximum absolute atomic E-state index is 11.3. The van der Waals surface area contributed by atoms with E-state index in [2.05, 4.69) is 36.4 Å². The van der Waals surface area contributed by atoms with E-state index >= 15 is 0 Å². The molecule has 1 rings (SSSR count). The molecule has 0 aliphatic rings. The van der Waals surface area contributed by atoms with Crippen molar-refractivity contribution in [2.24, 2.45) is 0 Å². The molecule has 1 amide bonds. The molecule has 0 spiro atoms. The standard InChI is InChI=1S/C7H11BrN4O/c1-7(2,8)6(13)9-3-5-10-4-11-12-5/h4H,3H2,1-2H3,(H,9,13)(H,10,11,12). The highest BCUT2D eigenvalue weighted by molar-refractivity contribution is 9.10. The maximum atomic E-state index is 11.3. The third-order valence-corrected chi connectivity index (χ3v) is 1.78. The van der Waals surface area contributed by atoms with Crippen molar-refractivity contribution in [2.45, 2.75) is 24.7 Å². The number of hydrogen-bond donors (Lipinski definition) is 2. The van der Waals surface area contributed by atoms with Gasteiger partial charge in [-0.1, -0.05) is 15.9 Å². The zero-order chi connectivity index (χ0) is 9.90. The van der Waals surface area contributed by atoms with Gasteiger partial charge in [-0.2, -0.15) is 5.10 Å². The SMILES string of the molecule is CC(C)(Br)C(=O)NCc1ncn[nH]1. The first-order valence-electron chi connectivity index (χ1n) is 3.81. The summed E-state index contributed by atoms with van der Waals surface area (Å²) in [5, 5.41) is 9.02. The lowest BCUT2D eigenvalue weighted by Gasteiger charge is -2.14. The summed E-state index contributed by atoms with van der Waals surface area (Å²) in [6.45, 7) is 3.93. The molecule has 1 heterocycles. The highest BCUT2D eigenvalue weighted by atomic mass is 79.9. The lowest BCUT2D eigenvalue weighted by Crippen LogP contribution is -2.37. The van der Waals surface area contributed by atoms with E-state index in [0.29, 0.717) is 12.4 Å². The van der Waals surface area contributed by atoms with Crippen LogP contribution in [-0.2, 0) is 11.3 Å². The Labute approximate surface area is 84.5 Å². The molecule has 0 fully saturated rings. The van der Waals surface area contributed by atoms with Crippen molar-refractivity contribution in [3.63, 3.8) is 0 Å². The van der Waals surface area contributed by atoms with Gasteiger partial charge in [-0.05, 0) is 13.8 Å². The molecule has 0 radical (unpaired) electrons. The highest BCUT2D eigenvalue weighted by Gasteiger charge is 2.22. The quantitative estimate of drug-likeness (QED) is 0.768. The van der Waals surface area contributed by atoms with E-state index in [0.717, 1.165) is 0 Å². The van der Waals surface area contributed by atoms with E-state index in [1.807, 2.05) is 0 Å². The summed E-state index contributed by atoms with van der Waals surface area (Å²) in [7, 11) is 0. The molecule has 72 valence electrons. The van der Waals surface area contributed by atoms with E-state index < -0.39 is 4.32 Å². The second-order valence-electron chi connectivity index (χ2n) is 3.09. The van der Waals surface area contributed by atoms with Crippen molar-refractivity contribution in [1.82, 2.24) is 20.5 Å². The topological polar surface area (TPSA) is 70.7 Å². The summed E-state index contributed by atoms with van der Waals surface area (Å²) >= 11 is 3.25. The van der Waals surface area contributed by atoms with E-state index in [9.17, 15) is 4.79 Å². The first-order chi connectivity index (χ1) is 6.00. The van der Waals surface area contributed by atoms with Crippen LogP contribution >= 0.6 is 15.9 Å². The zero-order valence-corrected chi connectivity index (χ0v) is 9.05. The van der Waals surface area contributed by atoms with Crippen molar-refractivity contribution in [2.75, 3.05) is 0 Å². The predicted molar refractivity (Wildman–Crippen MR) is 51.2 cm³/mol. The Hall–Kier alpha value is -0.910. The normalized spacial score (nSPS) is 11.3. The Morgan fingerprint density at radius 3 is 2.92 bits per heavy atom. The molecule has 0 atom stereocenters. The predicted octanol–water partition coefficient (Wildman–Crippen LogP) is 0.594. The van der Waals surface area contributed by atoms with Gasteiger partial charge in [0.25, 0.3) is 0 Å². The average molecular weight is 247 g/mol. The molecule has 2 N–H and O–H groups in total. The van der Waals surface area contributed by atoms with Crippen molar-refractivity contribution in [3.05, 3.63) is 12.2 Å². The summed E-state index contributed by atoms with van der Waals surface area (Å²) in [6.07, 6.45) is 1.40. The van der Waals surface area contributed by atoms with Crippen LogP contribution in [0.2, 0.25) is 0 Å². The third kappa shape index (κ3) is 3.14. The Morgan fingerprint density at radius 2 is 2.46 bits per heavy atom. The molecule has 0 unspecified atom stereocenters. The number of aromatic nitrogens is 3. The summed E-state index contributed by atoms with van der Waals surface area (Å²) < 4.78 is -0.549. The zero-order valence-electron chi connectivity index (χ0n) is 7.47. The Morgan fingerprint density at radius 1 is 1.77 bits per heavy atom. The monoisotopic (exact) mass is 246 g/mol. The molecular weight excluding hydrogens is 236 g/mol. The van der Waals surface area contributed by atoms with Gasteiger partial charge in [-0.15, -0.1) is 0 Å². The fourth-order valence-electron chi connectivity index (χ4n) is 0.690. The van der Waals surface area contributed by atoms with Crippen LogP contribution < -0.4 is 5.32 Å². The van der Waals surface area contributed by atoms with E-state index in [1.54, 1.807) is 13.8 Å². The number of alkyl halides is 1. The van der Waals surface area contributed by atoms with Crippen LogP contribution in [0.4, 0.5) is 0 Å². The minimum absolute atomic E-state index is 0.0797. The van der Waals surface area contributed by atoms with Crippen molar-refractivity contribution in [1.29, 1.82) is 0 Å². The van der Waals surface area contributed by atoms with Gasteiger partial charge in [0, 0.05) is 0 Å². The van der Waals surface area contributed by atoms with Crippen molar-refractivity contribution < 1.29 is 4.79 Å². The first kappa shape index (κ1) is 10.2. The number of halogens is 1. The highest BCUT2D eigenvalue weighted by Crippen LogP contribution is 2.15. The van der Waals surface area contributed by atoms with Crippen molar-refractivity contribution in [3.8, 4) is 0 Å². The van der Waals surface area contributed by atoms with Gasteiger partial charge >= 0.3 is 0 Å². The van der Waals surface area contributed by atoms with Crippen LogP contribution in [0, 0.1) is 0 Å². The van der Waals surface area contributed by atoms with Gasteiger partial charge in [0.05, 0.1) is 10.9 Å². The largest absolute Gasteiger partial charge is 0.348 e. The van der Waals surface area contributed by atoms with E-state index in [-0.39, 0.29) is 5.91 Å². The molecular formula is C7H11BrN4O. The molecule has 0 aliphatic heterocycles. The lowest BCUT2D eigenvalue weighted by atomic mass is 10.2. The second kappa shape index (κ2) is 3.87. The van der Waals surface area contributed by atoms with Crippen LogP contribution in [0.15, 0.2) is 6.33 Å². The minimum atomic E-state index is -0.549. The molecule has 0 aromatic carbocycles. The first-order valence-corrected chi connectivity index (χ1v) is 4.61. The molecule has 5 nitrogen and oxygen atoms in total. The van der Waals surface area contributed by atoms with Gasteiger partial charge in [0.1, 0.15) is 12.2 Å². The smallest absolute Gasteiger partial charge is 0.236 e. The Bertz CT molecular complexity index is 277. The minimum Gasteiger partial charge on any atom is -0.348 e. The second-order valence-corrected chi connectivity index (χ2v) is 5.07. The Kier molecular flexibility index (Phi) is 3.02. The fraction of sp³-hybridized carbons (Fsp3) is 0.571. The van der Waals surface area contributed by atoms with Crippen LogP contribution in [0.1, 0.15) is 19.7 Å². The van der Waals surface area contributed by atoms with Crippen LogP contribution in [-0.4, -0.2) is 25.4 Å². The lowest BCUT2D eigenvalue weighted by molar-refractivity contribution is -0.122. The Balaban J connectivity index is 2.40. The summed E-state index contributed by atoms with van der Waals surface area (Å²) in [6, 6.07) is 0. The molecule has 0 aliphatic carbocycles. The number of nitrogens with one attached hydrogen (secondary N) is 2. The third-order valence-electron chi connectivity index (χ3n) is 1.42. The molecule has 0 saturated heterocycles. The average Bonchev–Trinajstić information content (AvgIpc) is 2.50. The number of carbonyl (C=O) groups excluding carboxylic acids is 1. The van der Waals surface area contributed by atoms with Crippen LogP contribution in [0.3, 0.4) is 0 Å². The molecule has 0 saturated carbocycles. The summed E-state index contributed by atoms with van der Waals surface area (Å²) in [4.78, 5) is 15.2.